The molecule has 5 nitrogen and oxygen atoms in total. The predicted octanol–water partition coefficient (Wildman–Crippen LogP) is 0.344. The highest BCUT2D eigenvalue weighted by Crippen LogP contribution is 2.12. The molecule has 0 unspecified atom stereocenters. The zero-order valence-corrected chi connectivity index (χ0v) is 11.1. The molecular formula is C9H17N3O2S2. The van der Waals surface area contributed by atoms with Crippen LogP contribution in [-0.2, 0) is 23.0 Å². The Labute approximate surface area is 100 Å². The van der Waals surface area contributed by atoms with Crippen molar-refractivity contribution in [3.05, 3.63) is 16.1 Å². The van der Waals surface area contributed by atoms with E-state index in [0.29, 0.717) is 6.54 Å². The van der Waals surface area contributed by atoms with Gasteiger partial charge in [0.15, 0.2) is 0 Å². The molecule has 1 rings (SSSR count). The molecule has 0 bridgehead atoms. The molecule has 1 aromatic heterocycles. The van der Waals surface area contributed by atoms with Crippen LogP contribution in [0.4, 0.5) is 0 Å². The van der Waals surface area contributed by atoms with E-state index in [9.17, 15) is 8.42 Å². The summed E-state index contributed by atoms with van der Waals surface area (Å²) in [4.78, 5) is 5.32. The van der Waals surface area contributed by atoms with Gasteiger partial charge in [0.2, 0.25) is 10.0 Å². The molecule has 0 aromatic carbocycles. The van der Waals surface area contributed by atoms with Crippen LogP contribution >= 0.6 is 11.3 Å². The number of sulfonamides is 1. The van der Waals surface area contributed by atoms with Crippen molar-refractivity contribution >= 4 is 21.4 Å². The van der Waals surface area contributed by atoms with Crippen LogP contribution in [0.5, 0.6) is 0 Å². The number of nitrogens with one attached hydrogen (secondary N) is 2. The summed E-state index contributed by atoms with van der Waals surface area (Å²) in [7, 11) is -1.46. The number of rotatable bonds is 7. The maximum atomic E-state index is 11.5. The summed E-state index contributed by atoms with van der Waals surface area (Å²) < 4.78 is 25.5. The van der Waals surface area contributed by atoms with Gasteiger partial charge < -0.3 is 5.32 Å². The summed E-state index contributed by atoms with van der Waals surface area (Å²) >= 11 is 1.54. The topological polar surface area (TPSA) is 71.1 Å². The second-order valence-corrected chi connectivity index (χ2v) is 6.44. The number of hydrogen-bond donors (Lipinski definition) is 2. The minimum Gasteiger partial charge on any atom is -0.319 e. The third-order valence-electron chi connectivity index (χ3n) is 2.01. The van der Waals surface area contributed by atoms with Crippen molar-refractivity contribution in [2.45, 2.75) is 19.9 Å². The van der Waals surface area contributed by atoms with Gasteiger partial charge in [-0.3, -0.25) is 0 Å². The minimum atomic E-state index is -3.19. The molecule has 0 radical (unpaired) electrons. The Morgan fingerprint density at radius 2 is 2.25 bits per heavy atom. The van der Waals surface area contributed by atoms with E-state index in [2.05, 4.69) is 15.0 Å². The van der Waals surface area contributed by atoms with E-state index in [1.54, 1.807) is 24.6 Å². The average molecular weight is 263 g/mol. The molecule has 1 heterocycles. The first kappa shape index (κ1) is 13.6. The lowest BCUT2D eigenvalue weighted by molar-refractivity contribution is 0.578. The molecule has 0 atom stereocenters. The smallest absolute Gasteiger partial charge is 0.213 e. The maximum Gasteiger partial charge on any atom is 0.213 e. The van der Waals surface area contributed by atoms with E-state index < -0.39 is 10.0 Å². The number of hydrogen-bond acceptors (Lipinski definition) is 5. The quantitative estimate of drug-likeness (QED) is 0.744. The Morgan fingerprint density at radius 3 is 2.81 bits per heavy atom. The fourth-order valence-corrected chi connectivity index (χ4v) is 2.94. The van der Waals surface area contributed by atoms with E-state index in [1.807, 2.05) is 6.92 Å². The first-order valence-electron chi connectivity index (χ1n) is 5.13. The van der Waals surface area contributed by atoms with Gasteiger partial charge >= 0.3 is 0 Å². The van der Waals surface area contributed by atoms with Crippen LogP contribution in [-0.4, -0.2) is 32.7 Å². The second kappa shape index (κ2) is 6.29. The van der Waals surface area contributed by atoms with Gasteiger partial charge in [-0.15, -0.1) is 11.3 Å². The number of nitrogens with zero attached hydrogens (tertiary/aromatic N) is 1. The largest absolute Gasteiger partial charge is 0.319 e. The molecule has 0 amide bonds. The SMILES string of the molecule is CCc1cnc(CNS(=O)(=O)CCNC)s1. The Balaban J connectivity index is 2.44. The first-order chi connectivity index (χ1) is 7.57. The fraction of sp³-hybridized carbons (Fsp3) is 0.667. The van der Waals surface area contributed by atoms with Gasteiger partial charge in [-0.05, 0) is 13.5 Å². The number of aromatic nitrogens is 1. The highest BCUT2D eigenvalue weighted by molar-refractivity contribution is 7.89. The lowest BCUT2D eigenvalue weighted by atomic mass is 10.4. The summed E-state index contributed by atoms with van der Waals surface area (Å²) in [5.41, 5.74) is 0. The first-order valence-corrected chi connectivity index (χ1v) is 7.59. The van der Waals surface area contributed by atoms with Crippen molar-refractivity contribution in [1.82, 2.24) is 15.0 Å². The fourth-order valence-electron chi connectivity index (χ4n) is 1.07. The zero-order valence-electron chi connectivity index (χ0n) is 9.49. The van der Waals surface area contributed by atoms with E-state index in [1.165, 1.54) is 4.88 Å². The van der Waals surface area contributed by atoms with E-state index in [4.69, 9.17) is 0 Å². The standard InChI is InChI=1S/C9H17N3O2S2/c1-3-8-6-11-9(15-8)7-12-16(13,14)5-4-10-2/h6,10,12H,3-5,7H2,1-2H3. The van der Waals surface area contributed by atoms with Crippen LogP contribution in [0.1, 0.15) is 16.8 Å². The van der Waals surface area contributed by atoms with Crippen molar-refractivity contribution in [3.8, 4) is 0 Å². The van der Waals surface area contributed by atoms with Gasteiger partial charge in [-0.2, -0.15) is 0 Å². The normalized spacial score (nSPS) is 11.9. The number of thiazole rings is 1. The summed E-state index contributed by atoms with van der Waals surface area (Å²) in [5, 5.41) is 3.61. The van der Waals surface area contributed by atoms with Gasteiger partial charge in [-0.25, -0.2) is 18.1 Å². The summed E-state index contributed by atoms with van der Waals surface area (Å²) in [6, 6.07) is 0. The Kier molecular flexibility index (Phi) is 5.33. The average Bonchev–Trinajstić information content (AvgIpc) is 2.72. The molecule has 7 heteroatoms. The van der Waals surface area contributed by atoms with Crippen molar-refractivity contribution in [2.24, 2.45) is 0 Å². The lowest BCUT2D eigenvalue weighted by Gasteiger charge is -2.03. The Bertz CT molecular complexity index is 414. The number of aryl methyl sites for hydroxylation is 1. The van der Waals surface area contributed by atoms with Crippen LogP contribution in [0.15, 0.2) is 6.20 Å². The Morgan fingerprint density at radius 1 is 1.50 bits per heavy atom. The molecule has 1 aromatic rings. The van der Waals surface area contributed by atoms with Crippen molar-refractivity contribution < 1.29 is 8.42 Å². The van der Waals surface area contributed by atoms with Crippen molar-refractivity contribution in [3.63, 3.8) is 0 Å². The highest BCUT2D eigenvalue weighted by atomic mass is 32.2. The van der Waals surface area contributed by atoms with Crippen LogP contribution in [0.25, 0.3) is 0 Å². The van der Waals surface area contributed by atoms with E-state index in [-0.39, 0.29) is 12.3 Å². The molecule has 16 heavy (non-hydrogen) atoms. The monoisotopic (exact) mass is 263 g/mol. The van der Waals surface area contributed by atoms with Gasteiger partial charge in [0.05, 0.1) is 12.3 Å². The van der Waals surface area contributed by atoms with Gasteiger partial charge in [0.25, 0.3) is 0 Å². The third-order valence-corrected chi connectivity index (χ3v) is 4.48. The molecule has 0 spiro atoms. The molecule has 0 aliphatic rings. The molecular weight excluding hydrogens is 246 g/mol. The second-order valence-electron chi connectivity index (χ2n) is 3.32. The molecule has 0 saturated carbocycles. The molecule has 0 saturated heterocycles. The van der Waals surface area contributed by atoms with Crippen molar-refractivity contribution in [2.75, 3.05) is 19.3 Å². The van der Waals surface area contributed by atoms with Crippen molar-refractivity contribution in [1.29, 1.82) is 0 Å². The van der Waals surface area contributed by atoms with Crippen LogP contribution < -0.4 is 10.0 Å². The predicted molar refractivity (Wildman–Crippen MR) is 66.0 cm³/mol. The van der Waals surface area contributed by atoms with Crippen LogP contribution in [0.3, 0.4) is 0 Å². The molecule has 0 aliphatic carbocycles. The lowest BCUT2D eigenvalue weighted by Crippen LogP contribution is -2.30. The van der Waals surface area contributed by atoms with E-state index >= 15 is 0 Å². The summed E-state index contributed by atoms with van der Waals surface area (Å²) in [6.07, 6.45) is 2.73. The summed E-state index contributed by atoms with van der Waals surface area (Å²) in [5.74, 6) is 0.0928. The molecule has 0 aliphatic heterocycles. The van der Waals surface area contributed by atoms with Gasteiger partial charge in [0, 0.05) is 17.6 Å². The Hall–Kier alpha value is -0.500. The van der Waals surface area contributed by atoms with E-state index in [0.717, 1.165) is 11.4 Å². The third kappa shape index (κ3) is 4.56. The molecule has 92 valence electrons. The van der Waals surface area contributed by atoms with Gasteiger partial charge in [0.1, 0.15) is 5.01 Å². The van der Waals surface area contributed by atoms with Crippen LogP contribution in [0, 0.1) is 0 Å². The highest BCUT2D eigenvalue weighted by Gasteiger charge is 2.10. The van der Waals surface area contributed by atoms with Gasteiger partial charge in [-0.1, -0.05) is 6.92 Å². The summed E-state index contributed by atoms with van der Waals surface area (Å²) in [6.45, 7) is 2.79. The minimum absolute atomic E-state index is 0.0928. The molecule has 0 fully saturated rings. The molecule has 2 N–H and O–H groups in total. The van der Waals surface area contributed by atoms with Crippen LogP contribution in [0.2, 0.25) is 0 Å². The maximum absolute atomic E-state index is 11.5. The zero-order chi connectivity index (χ0) is 12.0.